The molecule has 27 heavy (non-hydrogen) atoms. The molecule has 160 valence electrons. The standard InChI is InChI=1S/C24H46S3/c1-3-5-6-7-8-9-10-11-12-13-14-15-16-17-18-19-20-21-23-27-24(25)26-22-4-2/h4H,2-3,5-23H2,1H3. The summed E-state index contributed by atoms with van der Waals surface area (Å²) in [6.45, 7) is 6.03. The predicted octanol–water partition coefficient (Wildman–Crippen LogP) is 9.97. The minimum atomic E-state index is 0.949. The van der Waals surface area contributed by atoms with Gasteiger partial charge in [-0.25, -0.2) is 0 Å². The van der Waals surface area contributed by atoms with E-state index in [2.05, 4.69) is 13.5 Å². The highest BCUT2D eigenvalue weighted by Gasteiger charge is 1.98. The third-order valence-corrected chi connectivity index (χ3v) is 7.82. The number of thiocarbonyl (C=S) groups is 1. The number of unbranched alkanes of at least 4 members (excludes halogenated alkanes) is 17. The quantitative estimate of drug-likeness (QED) is 0.101. The summed E-state index contributed by atoms with van der Waals surface area (Å²) in [5.74, 6) is 2.15. The zero-order valence-corrected chi connectivity index (χ0v) is 20.6. The van der Waals surface area contributed by atoms with E-state index >= 15 is 0 Å². The van der Waals surface area contributed by atoms with Crippen molar-refractivity contribution in [3.8, 4) is 0 Å². The molecule has 0 radical (unpaired) electrons. The summed E-state index contributed by atoms with van der Waals surface area (Å²) >= 11 is 8.91. The molecule has 0 rings (SSSR count). The molecule has 0 aliphatic heterocycles. The fraction of sp³-hybridized carbons (Fsp3) is 0.875. The minimum absolute atomic E-state index is 0.949. The zero-order valence-electron chi connectivity index (χ0n) is 18.2. The van der Waals surface area contributed by atoms with Gasteiger partial charge >= 0.3 is 0 Å². The summed E-state index contributed by atoms with van der Waals surface area (Å²) in [5, 5.41) is 0. The van der Waals surface area contributed by atoms with Crippen LogP contribution in [0.3, 0.4) is 0 Å². The third-order valence-electron chi connectivity index (χ3n) is 5.04. The van der Waals surface area contributed by atoms with Crippen molar-refractivity contribution in [2.24, 2.45) is 0 Å². The van der Waals surface area contributed by atoms with Gasteiger partial charge in [-0.05, 0) is 12.2 Å². The van der Waals surface area contributed by atoms with Gasteiger partial charge in [0, 0.05) is 5.75 Å². The van der Waals surface area contributed by atoms with Gasteiger partial charge in [-0.2, -0.15) is 0 Å². The molecule has 0 atom stereocenters. The first-order chi connectivity index (χ1) is 13.3. The van der Waals surface area contributed by atoms with Crippen LogP contribution < -0.4 is 0 Å². The first kappa shape index (κ1) is 27.5. The Morgan fingerprint density at radius 2 is 1.00 bits per heavy atom. The van der Waals surface area contributed by atoms with Crippen LogP contribution in [0.4, 0.5) is 0 Å². The summed E-state index contributed by atoms with van der Waals surface area (Å²) < 4.78 is 1.09. The zero-order chi connectivity index (χ0) is 19.8. The van der Waals surface area contributed by atoms with Crippen molar-refractivity contribution in [2.45, 2.75) is 122 Å². The molecule has 0 unspecified atom stereocenters. The van der Waals surface area contributed by atoms with Gasteiger partial charge in [-0.3, -0.25) is 0 Å². The molecular weight excluding hydrogens is 384 g/mol. The molecule has 0 N–H and O–H groups in total. The van der Waals surface area contributed by atoms with Gasteiger partial charge < -0.3 is 0 Å². The normalized spacial score (nSPS) is 11.0. The van der Waals surface area contributed by atoms with Crippen molar-refractivity contribution >= 4 is 39.3 Å². The van der Waals surface area contributed by atoms with Gasteiger partial charge in [0.25, 0.3) is 0 Å². The molecule has 0 aromatic heterocycles. The number of thioether (sulfide) groups is 2. The highest BCUT2D eigenvalue weighted by molar-refractivity contribution is 8.47. The maximum atomic E-state index is 5.32. The van der Waals surface area contributed by atoms with E-state index in [9.17, 15) is 0 Å². The molecule has 0 amide bonds. The lowest BCUT2D eigenvalue weighted by atomic mass is 10.0. The summed E-state index contributed by atoms with van der Waals surface area (Å²) in [6, 6.07) is 0. The molecular formula is C24H46S3. The van der Waals surface area contributed by atoms with E-state index in [1.54, 1.807) is 11.8 Å². The summed E-state index contributed by atoms with van der Waals surface area (Å²) in [7, 11) is 0. The Morgan fingerprint density at radius 1 is 0.630 bits per heavy atom. The van der Waals surface area contributed by atoms with Crippen molar-refractivity contribution in [1.29, 1.82) is 0 Å². The largest absolute Gasteiger partial charge is 0.108 e. The van der Waals surface area contributed by atoms with Crippen LogP contribution in [0.5, 0.6) is 0 Å². The maximum Gasteiger partial charge on any atom is 0.104 e. The second-order valence-corrected chi connectivity index (χ2v) is 11.0. The Balaban J connectivity index is 3.05. The number of hydrogen-bond donors (Lipinski definition) is 0. The Bertz CT molecular complexity index is 315. The van der Waals surface area contributed by atoms with Crippen LogP contribution in [0.2, 0.25) is 0 Å². The van der Waals surface area contributed by atoms with Crippen LogP contribution in [0.25, 0.3) is 0 Å². The van der Waals surface area contributed by atoms with Crippen molar-refractivity contribution in [3.63, 3.8) is 0 Å². The van der Waals surface area contributed by atoms with Crippen molar-refractivity contribution in [2.75, 3.05) is 11.5 Å². The van der Waals surface area contributed by atoms with Gasteiger partial charge in [0.1, 0.15) is 3.53 Å². The monoisotopic (exact) mass is 430 g/mol. The molecule has 0 aliphatic carbocycles. The first-order valence-electron chi connectivity index (χ1n) is 11.7. The Labute approximate surface area is 185 Å². The topological polar surface area (TPSA) is 0 Å². The second-order valence-electron chi connectivity index (χ2n) is 7.71. The highest BCUT2D eigenvalue weighted by Crippen LogP contribution is 2.19. The summed E-state index contributed by atoms with van der Waals surface area (Å²) in [5.41, 5.74) is 0. The van der Waals surface area contributed by atoms with Gasteiger partial charge in [0.05, 0.1) is 0 Å². The lowest BCUT2D eigenvalue weighted by Crippen LogP contribution is -1.87. The van der Waals surface area contributed by atoms with E-state index in [0.29, 0.717) is 0 Å². The lowest BCUT2D eigenvalue weighted by molar-refractivity contribution is 0.527. The molecule has 0 saturated carbocycles. The van der Waals surface area contributed by atoms with E-state index in [1.807, 2.05) is 17.8 Å². The molecule has 0 bridgehead atoms. The Morgan fingerprint density at radius 3 is 1.37 bits per heavy atom. The fourth-order valence-electron chi connectivity index (χ4n) is 3.33. The SMILES string of the molecule is C=CCSC(=S)SCCCCCCCCCCCCCCCCCCCC. The molecule has 3 heteroatoms. The smallest absolute Gasteiger partial charge is 0.104 e. The van der Waals surface area contributed by atoms with Crippen molar-refractivity contribution in [1.82, 2.24) is 0 Å². The second kappa shape index (κ2) is 24.6. The van der Waals surface area contributed by atoms with E-state index < -0.39 is 0 Å². The maximum absolute atomic E-state index is 5.32. The van der Waals surface area contributed by atoms with Crippen molar-refractivity contribution in [3.05, 3.63) is 12.7 Å². The average Bonchev–Trinajstić information content (AvgIpc) is 2.68. The Hall–Kier alpha value is 0.530. The van der Waals surface area contributed by atoms with Crippen LogP contribution in [0.15, 0.2) is 12.7 Å². The average molecular weight is 431 g/mol. The Kier molecular flexibility index (Phi) is 25.0. The van der Waals surface area contributed by atoms with Crippen LogP contribution in [-0.2, 0) is 0 Å². The fourth-order valence-corrected chi connectivity index (χ4v) is 5.34. The van der Waals surface area contributed by atoms with Gasteiger partial charge in [-0.1, -0.05) is 134 Å². The highest BCUT2D eigenvalue weighted by atomic mass is 32.2. The van der Waals surface area contributed by atoms with Crippen molar-refractivity contribution < 1.29 is 0 Å². The first-order valence-corrected chi connectivity index (χ1v) is 14.1. The minimum Gasteiger partial charge on any atom is -0.108 e. The summed E-state index contributed by atoms with van der Waals surface area (Å²) in [4.78, 5) is 0. The van der Waals surface area contributed by atoms with E-state index in [1.165, 1.54) is 121 Å². The van der Waals surface area contributed by atoms with Gasteiger partial charge in [0.15, 0.2) is 0 Å². The van der Waals surface area contributed by atoms with Crippen LogP contribution >= 0.6 is 35.7 Å². The van der Waals surface area contributed by atoms with E-state index in [4.69, 9.17) is 12.2 Å². The van der Waals surface area contributed by atoms with Crippen LogP contribution in [0.1, 0.15) is 122 Å². The van der Waals surface area contributed by atoms with Crippen LogP contribution in [0, 0.1) is 0 Å². The molecule has 0 fully saturated rings. The number of rotatable bonds is 21. The molecule has 0 aromatic carbocycles. The third kappa shape index (κ3) is 24.5. The molecule has 0 saturated heterocycles. The number of hydrogen-bond acceptors (Lipinski definition) is 3. The van der Waals surface area contributed by atoms with Gasteiger partial charge in [-0.15, -0.1) is 30.1 Å². The van der Waals surface area contributed by atoms with E-state index in [0.717, 1.165) is 9.28 Å². The summed E-state index contributed by atoms with van der Waals surface area (Å²) in [6.07, 6.45) is 27.8. The molecule has 0 aliphatic rings. The van der Waals surface area contributed by atoms with E-state index in [-0.39, 0.29) is 0 Å². The molecule has 0 nitrogen and oxygen atoms in total. The molecule has 0 aromatic rings. The predicted molar refractivity (Wildman–Crippen MR) is 136 cm³/mol. The van der Waals surface area contributed by atoms with Crippen LogP contribution in [-0.4, -0.2) is 15.0 Å². The lowest BCUT2D eigenvalue weighted by Gasteiger charge is -2.04. The molecule has 0 heterocycles. The molecule has 0 spiro atoms. The van der Waals surface area contributed by atoms with Gasteiger partial charge in [0.2, 0.25) is 0 Å².